The molecule has 218 valence electrons. The van der Waals surface area contributed by atoms with E-state index in [1.54, 1.807) is 32.9 Å². The number of aryl methyl sites for hydroxylation is 4. The normalized spacial score (nSPS) is 12.7. The topological polar surface area (TPSA) is 151 Å². The number of aliphatic hydroxyl groups excluding tert-OH is 1. The number of aliphatic hydroxyl groups is 1. The van der Waals surface area contributed by atoms with Gasteiger partial charge in [-0.15, -0.1) is 0 Å². The van der Waals surface area contributed by atoms with Gasteiger partial charge in [-0.25, -0.2) is 4.79 Å². The van der Waals surface area contributed by atoms with Gasteiger partial charge < -0.3 is 31.1 Å². The van der Waals surface area contributed by atoms with E-state index in [0.29, 0.717) is 11.3 Å². The van der Waals surface area contributed by atoms with Gasteiger partial charge in [0.15, 0.2) is 0 Å². The Morgan fingerprint density at radius 1 is 1.00 bits per heavy atom. The Balaban J connectivity index is 2.59. The van der Waals surface area contributed by atoms with Gasteiger partial charge in [-0.05, 0) is 71.6 Å². The van der Waals surface area contributed by atoms with E-state index in [1.807, 2.05) is 52.0 Å². The summed E-state index contributed by atoms with van der Waals surface area (Å²) in [5.41, 5.74) is 9.12. The molecule has 0 bridgehead atoms. The van der Waals surface area contributed by atoms with Crippen molar-refractivity contribution in [1.29, 1.82) is 0 Å². The largest absolute Gasteiger partial charge is 0.444 e. The van der Waals surface area contributed by atoms with Gasteiger partial charge in [-0.3, -0.25) is 14.4 Å². The van der Waals surface area contributed by atoms with E-state index in [1.165, 1.54) is 4.90 Å². The summed E-state index contributed by atoms with van der Waals surface area (Å²) in [5, 5.41) is 15.5. The molecule has 0 aliphatic heterocycles. The van der Waals surface area contributed by atoms with Crippen molar-refractivity contribution in [3.05, 3.63) is 64.2 Å². The molecule has 0 heterocycles. The number of carbonyl (C=O) groups excluding carboxylic acids is 4. The van der Waals surface area contributed by atoms with Crippen molar-refractivity contribution in [2.45, 2.75) is 79.0 Å². The molecule has 0 saturated carbocycles. The van der Waals surface area contributed by atoms with Gasteiger partial charge in [-0.1, -0.05) is 47.5 Å². The van der Waals surface area contributed by atoms with Crippen molar-refractivity contribution >= 4 is 29.5 Å². The van der Waals surface area contributed by atoms with Crippen molar-refractivity contribution in [1.82, 2.24) is 10.2 Å². The Hall–Kier alpha value is -3.92. The summed E-state index contributed by atoms with van der Waals surface area (Å²) in [6.45, 7) is 11.9. The molecule has 0 fully saturated rings. The van der Waals surface area contributed by atoms with Crippen LogP contribution in [0.3, 0.4) is 0 Å². The average molecular weight is 555 g/mol. The number of ether oxygens (including phenoxy) is 1. The highest BCUT2D eigenvalue weighted by atomic mass is 16.6. The van der Waals surface area contributed by atoms with Crippen LogP contribution in [0.2, 0.25) is 0 Å². The summed E-state index contributed by atoms with van der Waals surface area (Å²) in [7, 11) is 0. The van der Waals surface area contributed by atoms with Crippen LogP contribution in [0.1, 0.15) is 67.5 Å². The number of anilines is 1. The van der Waals surface area contributed by atoms with Gasteiger partial charge in [-0.2, -0.15) is 0 Å². The molecule has 0 aliphatic rings. The maximum atomic E-state index is 14.0. The van der Waals surface area contributed by atoms with Crippen LogP contribution >= 0.6 is 0 Å². The minimum Gasteiger partial charge on any atom is -0.444 e. The third kappa shape index (κ3) is 9.37. The van der Waals surface area contributed by atoms with Crippen molar-refractivity contribution in [2.24, 2.45) is 5.73 Å². The molecule has 0 saturated heterocycles. The fraction of sp³-hybridized carbons (Fsp3) is 0.467. The molecule has 2 rings (SSSR count). The van der Waals surface area contributed by atoms with Crippen LogP contribution in [-0.4, -0.2) is 58.6 Å². The second-order valence-electron chi connectivity index (χ2n) is 11.0. The first kappa shape index (κ1) is 32.3. The first-order chi connectivity index (χ1) is 18.6. The molecule has 2 aromatic carbocycles. The molecule has 5 N–H and O–H groups in total. The van der Waals surface area contributed by atoms with Gasteiger partial charge in [0, 0.05) is 18.7 Å². The molecule has 0 aliphatic carbocycles. The second kappa shape index (κ2) is 13.9. The Morgan fingerprint density at radius 2 is 1.57 bits per heavy atom. The molecule has 0 radical (unpaired) electrons. The van der Waals surface area contributed by atoms with E-state index in [4.69, 9.17) is 10.5 Å². The summed E-state index contributed by atoms with van der Waals surface area (Å²) < 4.78 is 5.33. The van der Waals surface area contributed by atoms with E-state index in [2.05, 4.69) is 10.6 Å². The van der Waals surface area contributed by atoms with Crippen molar-refractivity contribution in [2.75, 3.05) is 18.5 Å². The summed E-state index contributed by atoms with van der Waals surface area (Å²) in [4.78, 5) is 53.5. The number of benzene rings is 2. The predicted molar refractivity (Wildman–Crippen MR) is 154 cm³/mol. The zero-order valence-corrected chi connectivity index (χ0v) is 24.5. The number of alkyl carbamates (subject to hydrolysis) is 1. The zero-order valence-electron chi connectivity index (χ0n) is 24.5. The number of carbonyl (C=O) groups is 4. The Bertz CT molecular complexity index is 1200. The van der Waals surface area contributed by atoms with E-state index < -0.39 is 48.1 Å². The molecule has 10 nitrogen and oxygen atoms in total. The smallest absolute Gasteiger partial charge is 0.408 e. The van der Waals surface area contributed by atoms with Crippen molar-refractivity contribution < 1.29 is 29.0 Å². The van der Waals surface area contributed by atoms with Crippen molar-refractivity contribution in [3.8, 4) is 0 Å². The molecule has 0 aromatic heterocycles. The third-order valence-corrected chi connectivity index (χ3v) is 6.14. The maximum absolute atomic E-state index is 14.0. The number of para-hydroxylation sites is 1. The van der Waals surface area contributed by atoms with Crippen molar-refractivity contribution in [3.63, 3.8) is 0 Å². The van der Waals surface area contributed by atoms with Gasteiger partial charge in [0.05, 0.1) is 6.61 Å². The first-order valence-corrected chi connectivity index (χ1v) is 13.3. The fourth-order valence-electron chi connectivity index (χ4n) is 4.51. The number of nitrogens with one attached hydrogen (secondary N) is 2. The number of nitrogens with two attached hydrogens (primary N) is 1. The number of hydrogen-bond donors (Lipinski definition) is 4. The maximum Gasteiger partial charge on any atom is 0.408 e. The minimum atomic E-state index is -1.24. The standard InChI is InChI=1S/C30H42N4O6/c1-18-15-19(2)17-22(16-18)26(27(37)33-25-20(3)9-8-10-21(25)4)34(13-14-35)28(38)23(11-12-24(31)36)32-29(39)40-30(5,6)7/h8-10,15-17,23,26,35H,11-14H2,1-7H3,(H2,31,36)(H,32,39)(H,33,37). The lowest BCUT2D eigenvalue weighted by Gasteiger charge is -2.34. The van der Waals surface area contributed by atoms with Gasteiger partial charge in [0.1, 0.15) is 17.7 Å². The summed E-state index contributed by atoms with van der Waals surface area (Å²) in [6.07, 6.45) is -1.17. The summed E-state index contributed by atoms with van der Waals surface area (Å²) in [5.74, 6) is -1.81. The molecular formula is C30H42N4O6. The van der Waals surface area contributed by atoms with E-state index in [9.17, 15) is 24.3 Å². The Labute approximate surface area is 236 Å². The highest BCUT2D eigenvalue weighted by Gasteiger charge is 2.36. The SMILES string of the molecule is Cc1cc(C)cc(C(C(=O)Nc2c(C)cccc2C)N(CCO)C(=O)C(CCC(N)=O)NC(=O)OC(C)(C)C)c1. The highest BCUT2D eigenvalue weighted by molar-refractivity contribution is 6.00. The lowest BCUT2D eigenvalue weighted by atomic mass is 9.97. The van der Waals surface area contributed by atoms with Gasteiger partial charge in [0.2, 0.25) is 11.8 Å². The Morgan fingerprint density at radius 3 is 2.08 bits per heavy atom. The van der Waals surface area contributed by atoms with Crippen LogP contribution in [0.15, 0.2) is 36.4 Å². The van der Waals surface area contributed by atoms with E-state index in [0.717, 1.165) is 22.3 Å². The zero-order chi connectivity index (χ0) is 30.2. The fourth-order valence-corrected chi connectivity index (χ4v) is 4.51. The number of rotatable bonds is 11. The molecule has 4 amide bonds. The summed E-state index contributed by atoms with van der Waals surface area (Å²) in [6, 6.07) is 8.78. The summed E-state index contributed by atoms with van der Waals surface area (Å²) >= 11 is 0. The molecular weight excluding hydrogens is 512 g/mol. The van der Waals surface area contributed by atoms with Crippen LogP contribution in [0.25, 0.3) is 0 Å². The first-order valence-electron chi connectivity index (χ1n) is 13.3. The number of amides is 4. The van der Waals surface area contributed by atoms with Gasteiger partial charge >= 0.3 is 6.09 Å². The minimum absolute atomic E-state index is 0.118. The highest BCUT2D eigenvalue weighted by Crippen LogP contribution is 2.28. The molecule has 2 aromatic rings. The van der Waals surface area contributed by atoms with Crippen LogP contribution in [-0.2, 0) is 19.1 Å². The molecule has 10 heteroatoms. The number of nitrogens with zero attached hydrogens (tertiary/aromatic N) is 1. The quantitative estimate of drug-likeness (QED) is 0.333. The lowest BCUT2D eigenvalue weighted by molar-refractivity contribution is -0.141. The van der Waals surface area contributed by atoms with E-state index >= 15 is 0 Å². The molecule has 0 spiro atoms. The lowest BCUT2D eigenvalue weighted by Crippen LogP contribution is -2.53. The Kier molecular flexibility index (Phi) is 11.2. The van der Waals surface area contributed by atoms with E-state index in [-0.39, 0.29) is 19.4 Å². The molecule has 2 unspecified atom stereocenters. The third-order valence-electron chi connectivity index (χ3n) is 6.14. The molecule has 40 heavy (non-hydrogen) atoms. The number of primary amides is 1. The predicted octanol–water partition coefficient (Wildman–Crippen LogP) is 3.58. The van der Waals surface area contributed by atoms with Crippen LogP contribution < -0.4 is 16.4 Å². The molecule has 2 atom stereocenters. The van der Waals surface area contributed by atoms with Crippen LogP contribution in [0, 0.1) is 27.7 Å². The number of hydrogen-bond acceptors (Lipinski definition) is 6. The average Bonchev–Trinajstić information content (AvgIpc) is 2.81. The van der Waals surface area contributed by atoms with Gasteiger partial charge in [0.25, 0.3) is 5.91 Å². The van der Waals surface area contributed by atoms with Crippen LogP contribution in [0.4, 0.5) is 10.5 Å². The monoisotopic (exact) mass is 554 g/mol. The second-order valence-corrected chi connectivity index (χ2v) is 11.0. The van der Waals surface area contributed by atoms with Crippen LogP contribution in [0.5, 0.6) is 0 Å².